The molecule has 0 bridgehead atoms. The highest BCUT2D eigenvalue weighted by Crippen LogP contribution is 2.36. The predicted molar refractivity (Wildman–Crippen MR) is 134 cm³/mol. The number of carbonyl (C=O) groups excluding carboxylic acids is 2. The van der Waals surface area contributed by atoms with Crippen molar-refractivity contribution in [1.82, 2.24) is 4.90 Å². The zero-order chi connectivity index (χ0) is 22.8. The normalized spacial score (nSPS) is 16.1. The Morgan fingerprint density at radius 3 is 2.82 bits per heavy atom. The number of carbonyl (C=O) groups is 2. The van der Waals surface area contributed by atoms with Crippen LogP contribution in [-0.4, -0.2) is 34.4 Å². The number of thioether (sulfide) groups is 1. The highest BCUT2D eigenvalue weighted by molar-refractivity contribution is 8.26. The molecule has 1 saturated heterocycles. The zero-order valence-corrected chi connectivity index (χ0v) is 19.2. The van der Waals surface area contributed by atoms with Crippen molar-refractivity contribution >= 4 is 62.7 Å². The number of rotatable bonds is 6. The molecular weight excluding hydrogens is 456 g/mol. The Labute approximate surface area is 200 Å². The van der Waals surface area contributed by atoms with Gasteiger partial charge in [-0.05, 0) is 41.6 Å². The summed E-state index contributed by atoms with van der Waals surface area (Å²) in [7, 11) is 0. The highest BCUT2D eigenvalue weighted by Gasteiger charge is 2.31. The van der Waals surface area contributed by atoms with Crippen LogP contribution in [0.15, 0.2) is 65.6 Å². The van der Waals surface area contributed by atoms with Crippen LogP contribution in [0.5, 0.6) is 11.5 Å². The Kier molecular flexibility index (Phi) is 6.02. The summed E-state index contributed by atoms with van der Waals surface area (Å²) in [6.07, 6.45) is 2.61. The number of fused-ring (bicyclic) bond motifs is 2. The summed E-state index contributed by atoms with van der Waals surface area (Å²) in [6, 6.07) is 19.3. The van der Waals surface area contributed by atoms with Crippen molar-refractivity contribution < 1.29 is 19.1 Å². The maximum absolute atomic E-state index is 12.9. The van der Waals surface area contributed by atoms with Gasteiger partial charge in [-0.25, -0.2) is 0 Å². The number of benzene rings is 3. The molecule has 3 aromatic rings. The number of hydrogen-bond acceptors (Lipinski definition) is 6. The van der Waals surface area contributed by atoms with Crippen LogP contribution in [0.1, 0.15) is 18.4 Å². The molecule has 0 radical (unpaired) electrons. The lowest BCUT2D eigenvalue weighted by molar-refractivity contribution is -0.122. The number of nitrogens with zero attached hydrogens (tertiary/aromatic N) is 1. The van der Waals surface area contributed by atoms with Gasteiger partial charge in [-0.1, -0.05) is 66.4 Å². The van der Waals surface area contributed by atoms with Crippen LogP contribution in [0.2, 0.25) is 0 Å². The second-order valence-corrected chi connectivity index (χ2v) is 9.30. The lowest BCUT2D eigenvalue weighted by Gasteiger charge is -2.14. The van der Waals surface area contributed by atoms with Gasteiger partial charge in [-0.3, -0.25) is 14.5 Å². The van der Waals surface area contributed by atoms with E-state index in [1.54, 1.807) is 11.0 Å². The molecule has 2 amide bonds. The number of amides is 2. The summed E-state index contributed by atoms with van der Waals surface area (Å²) in [5.41, 5.74) is 1.63. The van der Waals surface area contributed by atoms with Gasteiger partial charge in [0.2, 0.25) is 12.7 Å². The molecule has 166 valence electrons. The minimum absolute atomic E-state index is 0.0901. The first kappa shape index (κ1) is 21.5. The van der Waals surface area contributed by atoms with E-state index in [-0.39, 0.29) is 18.6 Å². The molecule has 0 aliphatic carbocycles. The second kappa shape index (κ2) is 9.25. The molecule has 5 rings (SSSR count). The minimum atomic E-state index is -0.142. The van der Waals surface area contributed by atoms with Gasteiger partial charge < -0.3 is 14.8 Å². The fraction of sp³-hybridized carbons (Fsp3) is 0.160. The van der Waals surface area contributed by atoms with E-state index in [1.807, 2.05) is 60.7 Å². The molecule has 2 heterocycles. The summed E-state index contributed by atoms with van der Waals surface area (Å²) in [5.74, 6) is 1.13. The predicted octanol–water partition coefficient (Wildman–Crippen LogP) is 5.19. The smallest absolute Gasteiger partial charge is 0.266 e. The van der Waals surface area contributed by atoms with E-state index in [9.17, 15) is 9.59 Å². The quantitative estimate of drug-likeness (QED) is 0.390. The number of thiocarbonyl (C=S) groups is 1. The molecular formula is C25H20N2O4S2. The lowest BCUT2D eigenvalue weighted by Crippen LogP contribution is -2.29. The third-order valence-electron chi connectivity index (χ3n) is 5.42. The molecule has 0 saturated carbocycles. The van der Waals surface area contributed by atoms with Crippen molar-refractivity contribution in [2.45, 2.75) is 12.8 Å². The van der Waals surface area contributed by atoms with Crippen LogP contribution in [0.4, 0.5) is 5.69 Å². The van der Waals surface area contributed by atoms with Gasteiger partial charge in [0.25, 0.3) is 5.91 Å². The summed E-state index contributed by atoms with van der Waals surface area (Å²) >= 11 is 6.68. The first-order valence-corrected chi connectivity index (χ1v) is 11.7. The Balaban J connectivity index is 1.18. The lowest BCUT2D eigenvalue weighted by atomic mass is 10.1. The van der Waals surface area contributed by atoms with Gasteiger partial charge in [0, 0.05) is 24.0 Å². The molecule has 2 aliphatic rings. The molecule has 0 unspecified atom stereocenters. The number of ether oxygens (including phenoxy) is 2. The molecule has 33 heavy (non-hydrogen) atoms. The highest BCUT2D eigenvalue weighted by atomic mass is 32.2. The van der Waals surface area contributed by atoms with Gasteiger partial charge in [0.15, 0.2) is 11.5 Å². The first-order chi connectivity index (χ1) is 16.1. The van der Waals surface area contributed by atoms with Gasteiger partial charge >= 0.3 is 0 Å². The first-order valence-electron chi connectivity index (χ1n) is 10.5. The molecule has 6 nitrogen and oxygen atoms in total. The fourth-order valence-electron chi connectivity index (χ4n) is 3.79. The SMILES string of the molecule is O=C(CCCN1C(=O)C(=Cc2ccc3c(c2)OCO3)SC1=S)Nc1cccc2ccccc12. The van der Waals surface area contributed by atoms with Gasteiger partial charge in [-0.2, -0.15) is 0 Å². The summed E-state index contributed by atoms with van der Waals surface area (Å²) in [5, 5.41) is 5.05. The summed E-state index contributed by atoms with van der Waals surface area (Å²) < 4.78 is 11.2. The topological polar surface area (TPSA) is 67.9 Å². The molecule has 3 aromatic carbocycles. The third kappa shape index (κ3) is 4.58. The van der Waals surface area contributed by atoms with Gasteiger partial charge in [-0.15, -0.1) is 0 Å². The van der Waals surface area contributed by atoms with Crippen LogP contribution >= 0.6 is 24.0 Å². The van der Waals surface area contributed by atoms with Crippen molar-refractivity contribution in [1.29, 1.82) is 0 Å². The van der Waals surface area contributed by atoms with E-state index in [0.29, 0.717) is 40.1 Å². The van der Waals surface area contributed by atoms with E-state index in [1.165, 1.54) is 11.8 Å². The van der Waals surface area contributed by atoms with Crippen LogP contribution < -0.4 is 14.8 Å². The van der Waals surface area contributed by atoms with E-state index in [2.05, 4.69) is 5.32 Å². The van der Waals surface area contributed by atoms with Crippen molar-refractivity contribution in [2.24, 2.45) is 0 Å². The van der Waals surface area contributed by atoms with Crippen molar-refractivity contribution in [2.75, 3.05) is 18.7 Å². The van der Waals surface area contributed by atoms with Gasteiger partial charge in [0.1, 0.15) is 4.32 Å². The Bertz CT molecular complexity index is 1300. The molecule has 1 fully saturated rings. The third-order valence-corrected chi connectivity index (χ3v) is 6.80. The maximum Gasteiger partial charge on any atom is 0.266 e. The minimum Gasteiger partial charge on any atom is -0.454 e. The number of anilines is 1. The standard InChI is InChI=1S/C25H20N2O4S2/c28-23(26-19-8-3-6-17-5-1-2-7-18(17)19)9-4-12-27-24(29)22(33-25(27)32)14-16-10-11-20-21(13-16)31-15-30-20/h1-3,5-8,10-11,13-14H,4,9,12,15H2,(H,26,28). The van der Waals surface area contributed by atoms with E-state index in [4.69, 9.17) is 21.7 Å². The Morgan fingerprint density at radius 2 is 1.91 bits per heavy atom. The van der Waals surface area contributed by atoms with Crippen LogP contribution in [-0.2, 0) is 9.59 Å². The summed E-state index contributed by atoms with van der Waals surface area (Å²) in [6.45, 7) is 0.598. The zero-order valence-electron chi connectivity index (χ0n) is 17.6. The average Bonchev–Trinajstić information content (AvgIpc) is 3.39. The van der Waals surface area contributed by atoms with Crippen molar-refractivity contribution in [3.8, 4) is 11.5 Å². The van der Waals surface area contributed by atoms with Crippen LogP contribution in [0, 0.1) is 0 Å². The van der Waals surface area contributed by atoms with E-state index >= 15 is 0 Å². The average molecular weight is 477 g/mol. The number of nitrogens with one attached hydrogen (secondary N) is 1. The second-order valence-electron chi connectivity index (χ2n) is 7.62. The van der Waals surface area contributed by atoms with Gasteiger partial charge in [0.05, 0.1) is 4.91 Å². The van der Waals surface area contributed by atoms with Crippen molar-refractivity contribution in [3.63, 3.8) is 0 Å². The monoisotopic (exact) mass is 476 g/mol. The molecule has 0 aromatic heterocycles. The summed E-state index contributed by atoms with van der Waals surface area (Å²) in [4.78, 5) is 27.5. The fourth-order valence-corrected chi connectivity index (χ4v) is 5.10. The Hall–Kier alpha value is -3.36. The molecule has 0 atom stereocenters. The largest absolute Gasteiger partial charge is 0.454 e. The molecule has 2 aliphatic heterocycles. The maximum atomic E-state index is 12.9. The molecule has 0 spiro atoms. The molecule has 1 N–H and O–H groups in total. The molecule has 8 heteroatoms. The van der Waals surface area contributed by atoms with Crippen LogP contribution in [0.3, 0.4) is 0 Å². The van der Waals surface area contributed by atoms with Crippen LogP contribution in [0.25, 0.3) is 16.8 Å². The van der Waals surface area contributed by atoms with E-state index in [0.717, 1.165) is 22.0 Å². The van der Waals surface area contributed by atoms with E-state index < -0.39 is 0 Å². The Morgan fingerprint density at radius 1 is 1.09 bits per heavy atom. The number of hydrogen-bond donors (Lipinski definition) is 1. The van der Waals surface area contributed by atoms with Crippen molar-refractivity contribution in [3.05, 3.63) is 71.1 Å².